The molecule has 3 aromatic carbocycles. The molecule has 3 aromatic rings. The lowest BCUT2D eigenvalue weighted by atomic mass is 9.98. The first-order valence-corrected chi connectivity index (χ1v) is 7.94. The van der Waals surface area contributed by atoms with Gasteiger partial charge >= 0.3 is 0 Å². The molecular formula is C18H13BrClF. The van der Waals surface area contributed by atoms with E-state index in [0.717, 1.165) is 5.56 Å². The Hall–Kier alpha value is -1.38. The fraction of sp³-hybridized carbons (Fsp3) is 0.111. The molecule has 0 nitrogen and oxygen atoms in total. The van der Waals surface area contributed by atoms with Gasteiger partial charge in [-0.15, -0.1) is 11.6 Å². The van der Waals surface area contributed by atoms with Crippen LogP contribution >= 0.6 is 27.5 Å². The number of alkyl halides is 1. The van der Waals surface area contributed by atoms with E-state index in [1.165, 1.54) is 22.4 Å². The Bertz CT molecular complexity index is 780. The highest BCUT2D eigenvalue weighted by Crippen LogP contribution is 2.30. The summed E-state index contributed by atoms with van der Waals surface area (Å²) in [5, 5.41) is 2.14. The topological polar surface area (TPSA) is 0 Å². The third-order valence-corrected chi connectivity index (χ3v) is 4.63. The molecule has 21 heavy (non-hydrogen) atoms. The Balaban J connectivity index is 1.92. The number of hydrogen-bond acceptors (Lipinski definition) is 0. The van der Waals surface area contributed by atoms with E-state index in [4.69, 9.17) is 11.6 Å². The highest BCUT2D eigenvalue weighted by Gasteiger charge is 2.12. The van der Waals surface area contributed by atoms with Gasteiger partial charge in [0, 0.05) is 0 Å². The van der Waals surface area contributed by atoms with E-state index < -0.39 is 0 Å². The minimum Gasteiger partial charge on any atom is -0.206 e. The Morgan fingerprint density at radius 3 is 2.57 bits per heavy atom. The number of hydrogen-bond donors (Lipinski definition) is 0. The first kappa shape index (κ1) is 14.6. The van der Waals surface area contributed by atoms with Gasteiger partial charge in [-0.1, -0.05) is 48.5 Å². The summed E-state index contributed by atoms with van der Waals surface area (Å²) in [6.07, 6.45) is 0.671. The molecule has 3 rings (SSSR count). The summed E-state index contributed by atoms with van der Waals surface area (Å²) in [4.78, 5) is 0. The van der Waals surface area contributed by atoms with Crippen molar-refractivity contribution in [3.63, 3.8) is 0 Å². The Morgan fingerprint density at radius 1 is 1.00 bits per heavy atom. The van der Waals surface area contributed by atoms with Gasteiger partial charge in [0.1, 0.15) is 5.82 Å². The summed E-state index contributed by atoms with van der Waals surface area (Å²) in [6.45, 7) is 0. The SMILES string of the molecule is Fc1cc(C(Cl)Cc2cccc3ccccc23)ccc1Br. The highest BCUT2D eigenvalue weighted by atomic mass is 79.9. The molecule has 0 fully saturated rings. The summed E-state index contributed by atoms with van der Waals surface area (Å²) in [5.74, 6) is -0.281. The van der Waals surface area contributed by atoms with Gasteiger partial charge < -0.3 is 0 Å². The molecule has 0 bridgehead atoms. The molecule has 0 spiro atoms. The van der Waals surface area contributed by atoms with E-state index in [1.54, 1.807) is 6.07 Å². The van der Waals surface area contributed by atoms with Crippen molar-refractivity contribution in [3.05, 3.63) is 82.1 Å². The summed E-state index contributed by atoms with van der Waals surface area (Å²) >= 11 is 9.64. The number of benzene rings is 3. The van der Waals surface area contributed by atoms with E-state index in [0.29, 0.717) is 10.9 Å². The van der Waals surface area contributed by atoms with Crippen LogP contribution in [0, 0.1) is 5.82 Å². The lowest BCUT2D eigenvalue weighted by Crippen LogP contribution is -1.97. The van der Waals surface area contributed by atoms with Crippen LogP contribution in [0.25, 0.3) is 10.8 Å². The third kappa shape index (κ3) is 3.12. The van der Waals surface area contributed by atoms with Crippen LogP contribution in [0.1, 0.15) is 16.5 Å². The van der Waals surface area contributed by atoms with Gasteiger partial charge in [0.05, 0.1) is 9.85 Å². The molecular weight excluding hydrogens is 351 g/mol. The Labute approximate surface area is 136 Å². The van der Waals surface area contributed by atoms with Gasteiger partial charge in [-0.05, 0) is 56.4 Å². The van der Waals surface area contributed by atoms with Gasteiger partial charge in [0.2, 0.25) is 0 Å². The summed E-state index contributed by atoms with van der Waals surface area (Å²) in [5.41, 5.74) is 1.97. The van der Waals surface area contributed by atoms with Crippen LogP contribution in [0.2, 0.25) is 0 Å². The zero-order chi connectivity index (χ0) is 14.8. The maximum absolute atomic E-state index is 13.6. The van der Waals surface area contributed by atoms with Gasteiger partial charge in [0.15, 0.2) is 0 Å². The largest absolute Gasteiger partial charge is 0.206 e. The minimum absolute atomic E-state index is 0.251. The summed E-state index contributed by atoms with van der Waals surface area (Å²) < 4.78 is 14.1. The average molecular weight is 364 g/mol. The van der Waals surface area contributed by atoms with Crippen molar-refractivity contribution in [2.24, 2.45) is 0 Å². The second kappa shape index (κ2) is 6.17. The predicted molar refractivity (Wildman–Crippen MR) is 90.3 cm³/mol. The van der Waals surface area contributed by atoms with Crippen molar-refractivity contribution >= 4 is 38.3 Å². The maximum Gasteiger partial charge on any atom is 0.137 e. The number of rotatable bonds is 3. The molecule has 0 aliphatic rings. The predicted octanol–water partition coefficient (Wildman–Crippen LogP) is 6.26. The molecule has 0 heterocycles. The monoisotopic (exact) mass is 362 g/mol. The normalized spacial score (nSPS) is 12.5. The van der Waals surface area contributed by atoms with Crippen LogP contribution in [0.4, 0.5) is 4.39 Å². The number of fused-ring (bicyclic) bond motifs is 1. The molecule has 106 valence electrons. The zero-order valence-electron chi connectivity index (χ0n) is 11.2. The van der Waals surface area contributed by atoms with Crippen molar-refractivity contribution in [2.45, 2.75) is 11.8 Å². The summed E-state index contributed by atoms with van der Waals surface area (Å²) in [6, 6.07) is 19.5. The van der Waals surface area contributed by atoms with Crippen molar-refractivity contribution < 1.29 is 4.39 Å². The van der Waals surface area contributed by atoms with Crippen molar-refractivity contribution in [1.29, 1.82) is 0 Å². The van der Waals surface area contributed by atoms with Crippen LogP contribution in [-0.4, -0.2) is 0 Å². The molecule has 0 N–H and O–H groups in total. The first-order valence-electron chi connectivity index (χ1n) is 6.71. The highest BCUT2D eigenvalue weighted by molar-refractivity contribution is 9.10. The molecule has 0 aliphatic heterocycles. The van der Waals surface area contributed by atoms with Crippen molar-refractivity contribution in [1.82, 2.24) is 0 Å². The van der Waals surface area contributed by atoms with Gasteiger partial charge in [-0.2, -0.15) is 0 Å². The number of halogens is 3. The van der Waals surface area contributed by atoms with E-state index in [1.807, 2.05) is 24.3 Å². The van der Waals surface area contributed by atoms with Crippen LogP contribution in [0.15, 0.2) is 65.1 Å². The average Bonchev–Trinajstić information content (AvgIpc) is 2.50. The van der Waals surface area contributed by atoms with E-state index in [2.05, 4.69) is 40.2 Å². The summed E-state index contributed by atoms with van der Waals surface area (Å²) in [7, 11) is 0. The van der Waals surface area contributed by atoms with Crippen LogP contribution in [0.3, 0.4) is 0 Å². The minimum atomic E-state index is -0.281. The van der Waals surface area contributed by atoms with E-state index >= 15 is 0 Å². The molecule has 0 saturated heterocycles. The molecule has 0 saturated carbocycles. The molecule has 0 aromatic heterocycles. The van der Waals surface area contributed by atoms with E-state index in [-0.39, 0.29) is 11.2 Å². The fourth-order valence-corrected chi connectivity index (χ4v) is 3.04. The Kier molecular flexibility index (Phi) is 4.27. The molecule has 1 atom stereocenters. The van der Waals surface area contributed by atoms with E-state index in [9.17, 15) is 4.39 Å². The first-order chi connectivity index (χ1) is 10.1. The third-order valence-electron chi connectivity index (χ3n) is 3.58. The second-order valence-corrected chi connectivity index (χ2v) is 6.36. The fourth-order valence-electron chi connectivity index (χ4n) is 2.49. The van der Waals surface area contributed by atoms with Crippen LogP contribution in [0.5, 0.6) is 0 Å². The van der Waals surface area contributed by atoms with Crippen LogP contribution < -0.4 is 0 Å². The van der Waals surface area contributed by atoms with Crippen LogP contribution in [-0.2, 0) is 6.42 Å². The van der Waals surface area contributed by atoms with Gasteiger partial charge in [0.25, 0.3) is 0 Å². The van der Waals surface area contributed by atoms with Crippen molar-refractivity contribution in [3.8, 4) is 0 Å². The zero-order valence-corrected chi connectivity index (χ0v) is 13.5. The molecule has 0 aliphatic carbocycles. The molecule has 0 radical (unpaired) electrons. The lowest BCUT2D eigenvalue weighted by molar-refractivity contribution is 0.618. The molecule has 0 amide bonds. The standard InChI is InChI=1S/C18H13BrClF/c19-16-9-8-14(11-18(16)21)17(20)10-13-6-3-5-12-4-1-2-7-15(12)13/h1-9,11,17H,10H2. The molecule has 1 unspecified atom stereocenters. The second-order valence-electron chi connectivity index (χ2n) is 4.98. The Morgan fingerprint density at radius 2 is 1.76 bits per heavy atom. The van der Waals surface area contributed by atoms with Crippen molar-refractivity contribution in [2.75, 3.05) is 0 Å². The lowest BCUT2D eigenvalue weighted by Gasteiger charge is -2.12. The maximum atomic E-state index is 13.6. The van der Waals surface area contributed by atoms with Gasteiger partial charge in [-0.3, -0.25) is 0 Å². The smallest absolute Gasteiger partial charge is 0.137 e. The molecule has 3 heteroatoms. The quantitative estimate of drug-likeness (QED) is 0.481. The van der Waals surface area contributed by atoms with Gasteiger partial charge in [-0.25, -0.2) is 4.39 Å².